The highest BCUT2D eigenvalue weighted by atomic mass is 19.2. The summed E-state index contributed by atoms with van der Waals surface area (Å²) in [6, 6.07) is 1.48. The molecule has 0 bridgehead atoms. The minimum absolute atomic E-state index is 0.250. The molecule has 92 valence electrons. The van der Waals surface area contributed by atoms with Gasteiger partial charge in [0.05, 0.1) is 0 Å². The van der Waals surface area contributed by atoms with Gasteiger partial charge in [-0.2, -0.15) is 0 Å². The summed E-state index contributed by atoms with van der Waals surface area (Å²) in [5, 5.41) is 0. The molecule has 2 rings (SSSR count). The molecule has 0 saturated heterocycles. The highest BCUT2D eigenvalue weighted by Gasteiger charge is 2.22. The van der Waals surface area contributed by atoms with Gasteiger partial charge < -0.3 is 4.74 Å². The SMILES string of the molecule is CCCC1=NC(c2cc(F)c(F)c(F)c2)CO1. The highest BCUT2D eigenvalue weighted by molar-refractivity contribution is 5.77. The number of nitrogens with zero attached hydrogens (tertiary/aromatic N) is 1. The third-order valence-corrected chi connectivity index (χ3v) is 2.56. The molecule has 5 heteroatoms. The topological polar surface area (TPSA) is 21.6 Å². The predicted molar refractivity (Wildman–Crippen MR) is 57.4 cm³/mol. The number of halogens is 3. The lowest BCUT2D eigenvalue weighted by Crippen LogP contribution is -2.02. The first-order chi connectivity index (χ1) is 8.11. The van der Waals surface area contributed by atoms with E-state index in [0.717, 1.165) is 18.6 Å². The largest absolute Gasteiger partial charge is 0.478 e. The van der Waals surface area contributed by atoms with Crippen LogP contribution in [0.4, 0.5) is 13.2 Å². The highest BCUT2D eigenvalue weighted by Crippen LogP contribution is 2.26. The van der Waals surface area contributed by atoms with E-state index in [4.69, 9.17) is 4.74 Å². The van der Waals surface area contributed by atoms with E-state index < -0.39 is 23.5 Å². The van der Waals surface area contributed by atoms with E-state index in [1.165, 1.54) is 0 Å². The summed E-state index contributed by atoms with van der Waals surface area (Å²) in [7, 11) is 0. The summed E-state index contributed by atoms with van der Waals surface area (Å²) in [6.45, 7) is 2.23. The average molecular weight is 243 g/mol. The first-order valence-electron chi connectivity index (χ1n) is 5.45. The zero-order chi connectivity index (χ0) is 12.4. The number of rotatable bonds is 3. The van der Waals surface area contributed by atoms with Gasteiger partial charge in [0.25, 0.3) is 0 Å². The smallest absolute Gasteiger partial charge is 0.194 e. The van der Waals surface area contributed by atoms with Crippen LogP contribution in [0.5, 0.6) is 0 Å². The minimum Gasteiger partial charge on any atom is -0.478 e. The van der Waals surface area contributed by atoms with E-state index in [9.17, 15) is 13.2 Å². The van der Waals surface area contributed by atoms with E-state index >= 15 is 0 Å². The Morgan fingerprint density at radius 2 is 1.94 bits per heavy atom. The Hall–Kier alpha value is -1.52. The maximum atomic E-state index is 13.0. The summed E-state index contributed by atoms with van der Waals surface area (Å²) >= 11 is 0. The number of ether oxygens (including phenoxy) is 1. The molecule has 0 spiro atoms. The van der Waals surface area contributed by atoms with Crippen molar-refractivity contribution in [1.29, 1.82) is 0 Å². The van der Waals surface area contributed by atoms with Crippen molar-refractivity contribution in [2.24, 2.45) is 4.99 Å². The van der Waals surface area contributed by atoms with Crippen molar-refractivity contribution in [3.8, 4) is 0 Å². The van der Waals surface area contributed by atoms with Crippen LogP contribution in [0, 0.1) is 17.5 Å². The fourth-order valence-corrected chi connectivity index (χ4v) is 1.71. The summed E-state index contributed by atoms with van der Waals surface area (Å²) in [6.07, 6.45) is 1.58. The Kier molecular flexibility index (Phi) is 3.36. The minimum atomic E-state index is -1.45. The molecule has 1 aromatic rings. The van der Waals surface area contributed by atoms with Gasteiger partial charge in [-0.3, -0.25) is 0 Å². The second-order valence-electron chi connectivity index (χ2n) is 3.90. The number of aliphatic imine (C=N–C) groups is 1. The van der Waals surface area contributed by atoms with E-state index in [1.54, 1.807) is 0 Å². The normalized spacial score (nSPS) is 19.1. The van der Waals surface area contributed by atoms with E-state index in [-0.39, 0.29) is 6.61 Å². The van der Waals surface area contributed by atoms with Crippen LogP contribution in [-0.4, -0.2) is 12.5 Å². The van der Waals surface area contributed by atoms with Crippen molar-refractivity contribution in [2.45, 2.75) is 25.8 Å². The van der Waals surface area contributed by atoms with Crippen molar-refractivity contribution in [3.63, 3.8) is 0 Å². The quantitative estimate of drug-likeness (QED) is 0.746. The van der Waals surface area contributed by atoms with Crippen LogP contribution in [-0.2, 0) is 4.74 Å². The van der Waals surface area contributed by atoms with Gasteiger partial charge in [-0.15, -0.1) is 0 Å². The zero-order valence-corrected chi connectivity index (χ0v) is 9.34. The molecule has 1 aliphatic heterocycles. The van der Waals surface area contributed by atoms with Crippen LogP contribution in [0.15, 0.2) is 17.1 Å². The van der Waals surface area contributed by atoms with Crippen molar-refractivity contribution >= 4 is 5.90 Å². The fourth-order valence-electron chi connectivity index (χ4n) is 1.71. The summed E-state index contributed by atoms with van der Waals surface area (Å²) in [5.41, 5.74) is 0.299. The molecule has 0 radical (unpaired) electrons. The molecule has 0 N–H and O–H groups in total. The number of hydrogen-bond donors (Lipinski definition) is 0. The van der Waals surface area contributed by atoms with E-state index in [0.29, 0.717) is 17.9 Å². The average Bonchev–Trinajstić information content (AvgIpc) is 2.74. The van der Waals surface area contributed by atoms with Gasteiger partial charge in [-0.05, 0) is 24.1 Å². The molecule has 1 unspecified atom stereocenters. The van der Waals surface area contributed by atoms with Crippen LogP contribution in [0.1, 0.15) is 31.4 Å². The monoisotopic (exact) mass is 243 g/mol. The molecule has 0 fully saturated rings. The summed E-state index contributed by atoms with van der Waals surface area (Å²) in [5.74, 6) is -3.26. The standard InChI is InChI=1S/C12H12F3NO/c1-2-3-11-16-10(6-17-11)7-4-8(13)12(15)9(14)5-7/h4-5,10H,2-3,6H2,1H3. The van der Waals surface area contributed by atoms with Gasteiger partial charge in [0.1, 0.15) is 12.6 Å². The fraction of sp³-hybridized carbons (Fsp3) is 0.417. The molecule has 0 saturated carbocycles. The third-order valence-electron chi connectivity index (χ3n) is 2.56. The van der Waals surface area contributed by atoms with Crippen molar-refractivity contribution in [3.05, 3.63) is 35.1 Å². The lowest BCUT2D eigenvalue weighted by atomic mass is 10.1. The van der Waals surface area contributed by atoms with E-state index in [2.05, 4.69) is 4.99 Å². The lowest BCUT2D eigenvalue weighted by Gasteiger charge is -2.06. The lowest BCUT2D eigenvalue weighted by molar-refractivity contribution is 0.310. The molecule has 1 heterocycles. The molecule has 2 nitrogen and oxygen atoms in total. The Bertz CT molecular complexity index is 436. The first-order valence-corrected chi connectivity index (χ1v) is 5.45. The Morgan fingerprint density at radius 1 is 1.29 bits per heavy atom. The molecule has 0 amide bonds. The number of hydrogen-bond acceptors (Lipinski definition) is 2. The number of benzene rings is 1. The Balaban J connectivity index is 2.24. The second kappa shape index (κ2) is 4.77. The molecular weight excluding hydrogens is 231 g/mol. The van der Waals surface area contributed by atoms with Gasteiger partial charge in [0.2, 0.25) is 0 Å². The van der Waals surface area contributed by atoms with Gasteiger partial charge in [0, 0.05) is 6.42 Å². The third kappa shape index (κ3) is 2.43. The summed E-state index contributed by atoms with van der Waals surface area (Å²) in [4.78, 5) is 4.20. The summed E-state index contributed by atoms with van der Waals surface area (Å²) < 4.78 is 44.1. The van der Waals surface area contributed by atoms with E-state index in [1.807, 2.05) is 6.92 Å². The maximum absolute atomic E-state index is 13.0. The Labute approximate surface area is 97.1 Å². The second-order valence-corrected chi connectivity index (χ2v) is 3.90. The molecular formula is C12H12F3NO. The van der Waals surface area contributed by atoms with Gasteiger partial charge in [-0.25, -0.2) is 18.2 Å². The van der Waals surface area contributed by atoms with Gasteiger partial charge in [-0.1, -0.05) is 6.92 Å². The molecule has 1 aromatic carbocycles. The zero-order valence-electron chi connectivity index (χ0n) is 9.34. The predicted octanol–water partition coefficient (Wildman–Crippen LogP) is 3.37. The maximum Gasteiger partial charge on any atom is 0.194 e. The van der Waals surface area contributed by atoms with Crippen LogP contribution in [0.3, 0.4) is 0 Å². The first kappa shape index (κ1) is 12.0. The van der Waals surface area contributed by atoms with Crippen LogP contribution in [0.25, 0.3) is 0 Å². The Morgan fingerprint density at radius 3 is 2.53 bits per heavy atom. The van der Waals surface area contributed by atoms with Gasteiger partial charge >= 0.3 is 0 Å². The van der Waals surface area contributed by atoms with Crippen LogP contribution >= 0.6 is 0 Å². The molecule has 0 aromatic heterocycles. The van der Waals surface area contributed by atoms with Crippen LogP contribution in [0.2, 0.25) is 0 Å². The molecule has 0 aliphatic carbocycles. The van der Waals surface area contributed by atoms with Gasteiger partial charge in [0.15, 0.2) is 23.3 Å². The molecule has 17 heavy (non-hydrogen) atoms. The van der Waals surface area contributed by atoms with Crippen molar-refractivity contribution in [2.75, 3.05) is 6.61 Å². The molecule has 1 aliphatic rings. The van der Waals surface area contributed by atoms with Crippen LogP contribution < -0.4 is 0 Å². The van der Waals surface area contributed by atoms with Crippen molar-refractivity contribution in [1.82, 2.24) is 0 Å². The van der Waals surface area contributed by atoms with Crippen molar-refractivity contribution < 1.29 is 17.9 Å². The molecule has 1 atom stereocenters.